The molecule has 1 fully saturated rings. The van der Waals surface area contributed by atoms with Gasteiger partial charge >= 0.3 is 12.0 Å². The summed E-state index contributed by atoms with van der Waals surface area (Å²) in [6.45, 7) is 9.25. The van der Waals surface area contributed by atoms with Crippen LogP contribution < -0.4 is 14.8 Å². The first-order chi connectivity index (χ1) is 18.5. The van der Waals surface area contributed by atoms with Gasteiger partial charge in [-0.3, -0.25) is 14.7 Å². The SMILES string of the molecule is CCOC(=O)C1=C(CN2CCN(Cc3ccccc3)CC2)N(CC)C(=O)N[C@H]1c1cc(OC)cc(OC)c1. The third-order valence-electron chi connectivity index (χ3n) is 7.04. The molecule has 0 aliphatic carbocycles. The van der Waals surface area contributed by atoms with Crippen molar-refractivity contribution in [3.05, 3.63) is 70.9 Å². The van der Waals surface area contributed by atoms with E-state index in [2.05, 4.69) is 39.4 Å². The number of rotatable bonds is 10. The van der Waals surface area contributed by atoms with Crippen LogP contribution in [0.2, 0.25) is 0 Å². The highest BCUT2D eigenvalue weighted by atomic mass is 16.5. The number of hydrogen-bond acceptors (Lipinski definition) is 7. The Labute approximate surface area is 224 Å². The zero-order chi connectivity index (χ0) is 27.1. The van der Waals surface area contributed by atoms with E-state index >= 15 is 0 Å². The summed E-state index contributed by atoms with van der Waals surface area (Å²) < 4.78 is 16.4. The van der Waals surface area contributed by atoms with Gasteiger partial charge in [0.15, 0.2) is 0 Å². The number of likely N-dealkylation sites (N-methyl/N-ethyl adjacent to an activating group) is 1. The Bertz CT molecular complexity index is 1120. The number of piperazine rings is 1. The molecule has 0 bridgehead atoms. The minimum absolute atomic E-state index is 0.238. The van der Waals surface area contributed by atoms with Crippen LogP contribution in [0, 0.1) is 0 Å². The van der Waals surface area contributed by atoms with Crippen LogP contribution in [-0.4, -0.2) is 86.8 Å². The number of benzene rings is 2. The van der Waals surface area contributed by atoms with E-state index in [4.69, 9.17) is 14.2 Å². The van der Waals surface area contributed by atoms with Crippen molar-refractivity contribution in [1.82, 2.24) is 20.0 Å². The number of carbonyl (C=O) groups excluding carboxylic acids is 2. The molecule has 204 valence electrons. The first-order valence-corrected chi connectivity index (χ1v) is 13.2. The average Bonchev–Trinajstić information content (AvgIpc) is 2.94. The molecule has 0 aromatic heterocycles. The molecule has 1 saturated heterocycles. The van der Waals surface area contributed by atoms with Gasteiger partial charge in [0, 0.05) is 57.6 Å². The molecule has 2 aliphatic heterocycles. The van der Waals surface area contributed by atoms with Crippen molar-refractivity contribution >= 4 is 12.0 Å². The number of carbonyl (C=O) groups is 2. The van der Waals surface area contributed by atoms with E-state index in [0.29, 0.717) is 41.4 Å². The molecule has 38 heavy (non-hydrogen) atoms. The predicted octanol–water partition coefficient (Wildman–Crippen LogP) is 3.43. The Balaban J connectivity index is 1.63. The molecule has 9 heteroatoms. The lowest BCUT2D eigenvalue weighted by Crippen LogP contribution is -2.53. The molecule has 2 aromatic carbocycles. The van der Waals surface area contributed by atoms with Crippen molar-refractivity contribution < 1.29 is 23.8 Å². The summed E-state index contributed by atoms with van der Waals surface area (Å²) >= 11 is 0. The smallest absolute Gasteiger partial charge is 0.338 e. The fraction of sp³-hybridized carbons (Fsp3) is 0.448. The fourth-order valence-corrected chi connectivity index (χ4v) is 5.06. The highest BCUT2D eigenvalue weighted by Crippen LogP contribution is 2.35. The van der Waals surface area contributed by atoms with Crippen LogP contribution in [0.5, 0.6) is 11.5 Å². The van der Waals surface area contributed by atoms with Crippen LogP contribution in [0.25, 0.3) is 0 Å². The van der Waals surface area contributed by atoms with Gasteiger partial charge in [-0.2, -0.15) is 0 Å². The van der Waals surface area contributed by atoms with Crippen LogP contribution in [0.4, 0.5) is 4.79 Å². The predicted molar refractivity (Wildman–Crippen MR) is 145 cm³/mol. The van der Waals surface area contributed by atoms with Crippen LogP contribution >= 0.6 is 0 Å². The molecular formula is C29H38N4O5. The Kier molecular flexibility index (Phi) is 9.25. The van der Waals surface area contributed by atoms with E-state index < -0.39 is 12.0 Å². The van der Waals surface area contributed by atoms with E-state index in [-0.39, 0.29) is 12.6 Å². The number of ether oxygens (including phenoxy) is 3. The van der Waals surface area contributed by atoms with Crippen LogP contribution in [0.3, 0.4) is 0 Å². The summed E-state index contributed by atoms with van der Waals surface area (Å²) in [4.78, 5) is 33.1. The van der Waals surface area contributed by atoms with Gasteiger partial charge in [-0.25, -0.2) is 9.59 Å². The van der Waals surface area contributed by atoms with Gasteiger partial charge in [0.25, 0.3) is 0 Å². The fourth-order valence-electron chi connectivity index (χ4n) is 5.06. The van der Waals surface area contributed by atoms with Crippen LogP contribution in [0.15, 0.2) is 59.8 Å². The molecule has 4 rings (SSSR count). The van der Waals surface area contributed by atoms with Gasteiger partial charge < -0.3 is 19.5 Å². The summed E-state index contributed by atoms with van der Waals surface area (Å²) in [6.07, 6.45) is 0. The maximum atomic E-state index is 13.4. The van der Waals surface area contributed by atoms with Gasteiger partial charge in [-0.05, 0) is 37.1 Å². The van der Waals surface area contributed by atoms with Crippen LogP contribution in [-0.2, 0) is 16.1 Å². The van der Waals surface area contributed by atoms with E-state index in [1.54, 1.807) is 32.1 Å². The zero-order valence-electron chi connectivity index (χ0n) is 22.7. The molecule has 1 N–H and O–H groups in total. The molecule has 0 radical (unpaired) electrons. The Morgan fingerprint density at radius 2 is 1.53 bits per heavy atom. The molecule has 0 spiro atoms. The molecule has 2 aliphatic rings. The second kappa shape index (κ2) is 12.8. The summed E-state index contributed by atoms with van der Waals surface area (Å²) in [5, 5.41) is 3.02. The van der Waals surface area contributed by atoms with E-state index in [9.17, 15) is 9.59 Å². The molecular weight excluding hydrogens is 484 g/mol. The van der Waals surface area contributed by atoms with Crippen molar-refractivity contribution in [2.24, 2.45) is 0 Å². The first kappa shape index (κ1) is 27.5. The summed E-state index contributed by atoms with van der Waals surface area (Å²) in [5.41, 5.74) is 3.11. The summed E-state index contributed by atoms with van der Waals surface area (Å²) in [5.74, 6) is 0.715. The van der Waals surface area contributed by atoms with Crippen molar-refractivity contribution in [2.75, 3.05) is 60.1 Å². The summed E-state index contributed by atoms with van der Waals surface area (Å²) in [7, 11) is 3.14. The molecule has 2 amide bonds. The number of nitrogens with one attached hydrogen (secondary N) is 1. The van der Waals surface area contributed by atoms with Crippen molar-refractivity contribution in [1.29, 1.82) is 0 Å². The van der Waals surface area contributed by atoms with Crippen LogP contribution in [0.1, 0.15) is 31.0 Å². The molecule has 2 heterocycles. The number of nitrogens with zero attached hydrogens (tertiary/aromatic N) is 3. The first-order valence-electron chi connectivity index (χ1n) is 13.2. The van der Waals surface area contributed by atoms with Gasteiger partial charge in [-0.15, -0.1) is 0 Å². The molecule has 0 saturated carbocycles. The quantitative estimate of drug-likeness (QED) is 0.479. The lowest BCUT2D eigenvalue weighted by atomic mass is 9.93. The number of methoxy groups -OCH3 is 2. The molecule has 0 unspecified atom stereocenters. The largest absolute Gasteiger partial charge is 0.497 e. The average molecular weight is 523 g/mol. The lowest BCUT2D eigenvalue weighted by molar-refractivity contribution is -0.139. The normalized spacial score (nSPS) is 18.8. The van der Waals surface area contributed by atoms with Crippen molar-refractivity contribution in [3.63, 3.8) is 0 Å². The molecule has 2 aromatic rings. The van der Waals surface area contributed by atoms with Gasteiger partial charge in [0.05, 0.1) is 32.4 Å². The second-order valence-electron chi connectivity index (χ2n) is 9.39. The van der Waals surface area contributed by atoms with Crippen molar-refractivity contribution in [2.45, 2.75) is 26.4 Å². The van der Waals surface area contributed by atoms with Crippen molar-refractivity contribution in [3.8, 4) is 11.5 Å². The lowest BCUT2D eigenvalue weighted by Gasteiger charge is -2.40. The third-order valence-corrected chi connectivity index (χ3v) is 7.04. The third kappa shape index (κ3) is 6.28. The van der Waals surface area contributed by atoms with Gasteiger partial charge in [0.1, 0.15) is 11.5 Å². The number of esters is 1. The minimum Gasteiger partial charge on any atom is -0.497 e. The van der Waals surface area contributed by atoms with E-state index in [1.807, 2.05) is 25.1 Å². The highest BCUT2D eigenvalue weighted by molar-refractivity contribution is 5.95. The number of amides is 2. The second-order valence-corrected chi connectivity index (χ2v) is 9.39. The standard InChI is InChI=1S/C29H38N4O5/c1-5-33-25(20-32-14-12-31(13-15-32)19-21-10-8-7-9-11-21)26(28(34)38-6-2)27(30-29(33)35)22-16-23(36-3)18-24(17-22)37-4/h7-11,16-18,27H,5-6,12-15,19-20H2,1-4H3,(H,30,35)/t27-/m0/s1. The monoisotopic (exact) mass is 522 g/mol. The maximum absolute atomic E-state index is 13.4. The Hall–Kier alpha value is -3.56. The minimum atomic E-state index is -0.692. The zero-order valence-corrected chi connectivity index (χ0v) is 22.7. The highest BCUT2D eigenvalue weighted by Gasteiger charge is 2.39. The van der Waals surface area contributed by atoms with E-state index in [1.165, 1.54) is 5.56 Å². The topological polar surface area (TPSA) is 83.6 Å². The number of hydrogen-bond donors (Lipinski definition) is 1. The van der Waals surface area contributed by atoms with E-state index in [0.717, 1.165) is 32.7 Å². The van der Waals surface area contributed by atoms with Gasteiger partial charge in [0.2, 0.25) is 0 Å². The maximum Gasteiger partial charge on any atom is 0.338 e. The molecule has 1 atom stereocenters. The Morgan fingerprint density at radius 3 is 2.08 bits per heavy atom. The Morgan fingerprint density at radius 1 is 0.921 bits per heavy atom. The summed E-state index contributed by atoms with van der Waals surface area (Å²) in [6, 6.07) is 14.9. The van der Waals surface area contributed by atoms with Gasteiger partial charge in [-0.1, -0.05) is 30.3 Å². The number of urea groups is 1. The molecule has 9 nitrogen and oxygen atoms in total.